The number of alkyl halides is 11. The van der Waals surface area contributed by atoms with Crippen LogP contribution in [0.25, 0.3) is 0 Å². The molecule has 0 amide bonds. The maximum Gasteiger partial charge on any atom is 0.460 e. The first-order valence-electron chi connectivity index (χ1n) is 6.80. The lowest BCUT2D eigenvalue weighted by Crippen LogP contribution is -2.66. The molecule has 0 fully saturated rings. The van der Waals surface area contributed by atoms with E-state index < -0.39 is 58.6 Å². The molecule has 0 aliphatic carbocycles. The number of aliphatic hydroxyl groups is 1. The second-order valence-electron chi connectivity index (χ2n) is 5.50. The molecular weight excluding hydrogens is 427 g/mol. The zero-order valence-corrected chi connectivity index (χ0v) is 13.0. The lowest BCUT2D eigenvalue weighted by Gasteiger charge is -2.37. The van der Waals surface area contributed by atoms with Crippen LogP contribution in [0, 0.1) is 10.1 Å². The predicted molar refractivity (Wildman–Crippen MR) is 68.5 cm³/mol. The van der Waals surface area contributed by atoms with E-state index in [9.17, 15) is 63.5 Å². The molecule has 1 aromatic carbocycles. The molecule has 28 heavy (non-hydrogen) atoms. The van der Waals surface area contributed by atoms with Crippen LogP contribution in [0.5, 0.6) is 0 Å². The van der Waals surface area contributed by atoms with Crippen molar-refractivity contribution in [2.45, 2.75) is 42.4 Å². The maximum absolute atomic E-state index is 13.6. The largest absolute Gasteiger partial charge is 0.460 e. The fraction of sp³-hybridized carbons (Fsp3) is 0.538. The predicted octanol–water partition coefficient (Wildman–Crippen LogP) is 5.12. The highest BCUT2D eigenvalue weighted by molar-refractivity contribution is 5.35. The standard InChI is InChI=1S/C13H8F11NO3/c14-9(15,5-8(26)6-2-1-3-7(4-6)25(27)28)10(16,17)11(18,19)12(20,21)13(22,23)24/h1-4,8,26H,5H2. The molecule has 1 aromatic rings. The summed E-state index contributed by atoms with van der Waals surface area (Å²) in [5, 5.41) is 20.0. The smallest absolute Gasteiger partial charge is 0.388 e. The number of halogens is 11. The van der Waals surface area contributed by atoms with Gasteiger partial charge >= 0.3 is 29.9 Å². The normalized spacial score (nSPS) is 15.4. The summed E-state index contributed by atoms with van der Waals surface area (Å²) in [5.41, 5.74) is -1.70. The summed E-state index contributed by atoms with van der Waals surface area (Å²) in [6.45, 7) is 0. The molecule has 0 aromatic heterocycles. The Morgan fingerprint density at radius 2 is 1.39 bits per heavy atom. The molecule has 160 valence electrons. The number of rotatable bonds is 7. The molecule has 4 nitrogen and oxygen atoms in total. The van der Waals surface area contributed by atoms with Crippen LogP contribution < -0.4 is 0 Å². The van der Waals surface area contributed by atoms with Crippen LogP contribution in [0.2, 0.25) is 0 Å². The van der Waals surface area contributed by atoms with Gasteiger partial charge in [-0.25, -0.2) is 0 Å². The Morgan fingerprint density at radius 1 is 0.893 bits per heavy atom. The van der Waals surface area contributed by atoms with Crippen molar-refractivity contribution in [1.29, 1.82) is 0 Å². The van der Waals surface area contributed by atoms with Crippen LogP contribution in [0.3, 0.4) is 0 Å². The van der Waals surface area contributed by atoms with Gasteiger partial charge in [0, 0.05) is 18.6 Å². The second kappa shape index (κ2) is 7.00. The molecule has 0 radical (unpaired) electrons. The Bertz CT molecular complexity index is 733. The number of non-ortho nitro benzene ring substituents is 1. The molecule has 1 N–H and O–H groups in total. The van der Waals surface area contributed by atoms with E-state index in [0.717, 1.165) is 12.1 Å². The molecule has 0 saturated carbocycles. The van der Waals surface area contributed by atoms with Gasteiger partial charge in [-0.3, -0.25) is 10.1 Å². The van der Waals surface area contributed by atoms with Crippen molar-refractivity contribution in [3.05, 3.63) is 39.9 Å². The van der Waals surface area contributed by atoms with Crippen molar-refractivity contribution < 1.29 is 58.3 Å². The number of nitro groups is 1. The van der Waals surface area contributed by atoms with E-state index in [0.29, 0.717) is 12.1 Å². The van der Waals surface area contributed by atoms with Gasteiger partial charge < -0.3 is 5.11 Å². The zero-order chi connectivity index (χ0) is 22.3. The molecule has 1 rings (SSSR count). The molecule has 15 heteroatoms. The fourth-order valence-corrected chi connectivity index (χ4v) is 1.94. The average molecular weight is 435 g/mol. The molecule has 0 bridgehead atoms. The van der Waals surface area contributed by atoms with Crippen molar-refractivity contribution in [1.82, 2.24) is 0 Å². The first-order valence-corrected chi connectivity index (χ1v) is 6.80. The summed E-state index contributed by atoms with van der Waals surface area (Å²) in [7, 11) is 0. The molecule has 0 spiro atoms. The Hall–Kier alpha value is -2.19. The molecule has 0 aliphatic heterocycles. The highest BCUT2D eigenvalue weighted by Crippen LogP contribution is 2.58. The van der Waals surface area contributed by atoms with Crippen LogP contribution in [0.1, 0.15) is 18.1 Å². The lowest BCUT2D eigenvalue weighted by molar-refractivity contribution is -0.423. The molecule has 0 saturated heterocycles. The van der Waals surface area contributed by atoms with Gasteiger partial charge in [0.25, 0.3) is 5.69 Å². The third-order valence-electron chi connectivity index (χ3n) is 3.52. The minimum absolute atomic E-state index is 0.390. The monoisotopic (exact) mass is 435 g/mol. The van der Waals surface area contributed by atoms with Gasteiger partial charge in [0.15, 0.2) is 0 Å². The summed E-state index contributed by atoms with van der Waals surface area (Å²) < 4.78 is 142. The van der Waals surface area contributed by atoms with Gasteiger partial charge in [-0.2, -0.15) is 48.3 Å². The van der Waals surface area contributed by atoms with Crippen molar-refractivity contribution >= 4 is 5.69 Å². The average Bonchev–Trinajstić information content (AvgIpc) is 2.52. The van der Waals surface area contributed by atoms with E-state index in [1.54, 1.807) is 0 Å². The number of hydrogen-bond acceptors (Lipinski definition) is 3. The Morgan fingerprint density at radius 3 is 1.82 bits per heavy atom. The minimum Gasteiger partial charge on any atom is -0.388 e. The lowest BCUT2D eigenvalue weighted by atomic mass is 9.92. The van der Waals surface area contributed by atoms with E-state index in [2.05, 4.69) is 0 Å². The topological polar surface area (TPSA) is 63.4 Å². The first-order chi connectivity index (χ1) is 12.3. The number of nitro benzene ring substituents is 1. The van der Waals surface area contributed by atoms with Gasteiger partial charge in [0.2, 0.25) is 0 Å². The molecule has 1 unspecified atom stereocenters. The van der Waals surface area contributed by atoms with Crippen molar-refractivity contribution in [2.24, 2.45) is 0 Å². The van der Waals surface area contributed by atoms with E-state index in [1.165, 1.54) is 0 Å². The van der Waals surface area contributed by atoms with Gasteiger partial charge in [-0.05, 0) is 5.56 Å². The molecule has 0 heterocycles. The van der Waals surface area contributed by atoms with E-state index in [1.807, 2.05) is 0 Å². The summed E-state index contributed by atoms with van der Waals surface area (Å²) >= 11 is 0. The highest BCUT2D eigenvalue weighted by atomic mass is 19.4. The number of aliphatic hydroxyl groups excluding tert-OH is 1. The third-order valence-corrected chi connectivity index (χ3v) is 3.52. The van der Waals surface area contributed by atoms with E-state index in [4.69, 9.17) is 0 Å². The Kier molecular flexibility index (Phi) is 5.97. The number of hydrogen-bond donors (Lipinski definition) is 1. The Labute approximate surface area is 147 Å². The summed E-state index contributed by atoms with van der Waals surface area (Å²) in [4.78, 5) is 9.43. The van der Waals surface area contributed by atoms with Crippen LogP contribution in [0.15, 0.2) is 24.3 Å². The van der Waals surface area contributed by atoms with E-state index >= 15 is 0 Å². The van der Waals surface area contributed by atoms with Gasteiger partial charge in [-0.1, -0.05) is 12.1 Å². The highest BCUT2D eigenvalue weighted by Gasteiger charge is 2.87. The number of benzene rings is 1. The molecule has 1 atom stereocenters. The third kappa shape index (κ3) is 3.84. The first kappa shape index (κ1) is 23.8. The summed E-state index contributed by atoms with van der Waals surface area (Å²) in [6.07, 6.45) is -12.9. The van der Waals surface area contributed by atoms with Crippen LogP contribution >= 0.6 is 0 Å². The molecular formula is C13H8F11NO3. The fourth-order valence-electron chi connectivity index (χ4n) is 1.94. The van der Waals surface area contributed by atoms with Crippen LogP contribution in [0.4, 0.5) is 54.0 Å². The Balaban J connectivity index is 3.26. The van der Waals surface area contributed by atoms with Gasteiger partial charge in [-0.15, -0.1) is 0 Å². The SMILES string of the molecule is O=[N+]([O-])c1cccc(C(O)CC(F)(F)C(F)(F)C(F)(F)C(F)(F)C(F)(F)F)c1. The van der Waals surface area contributed by atoms with Crippen molar-refractivity contribution in [2.75, 3.05) is 0 Å². The minimum atomic E-state index is -7.58. The van der Waals surface area contributed by atoms with Gasteiger partial charge in [0.1, 0.15) is 0 Å². The summed E-state index contributed by atoms with van der Waals surface area (Å²) in [5.74, 6) is -28.6. The summed E-state index contributed by atoms with van der Waals surface area (Å²) in [6, 6.07) is 2.64. The quantitative estimate of drug-likeness (QED) is 0.367. The van der Waals surface area contributed by atoms with Crippen LogP contribution in [-0.2, 0) is 0 Å². The maximum atomic E-state index is 13.6. The van der Waals surface area contributed by atoms with E-state index in [-0.39, 0.29) is 0 Å². The zero-order valence-electron chi connectivity index (χ0n) is 13.0. The molecule has 0 aliphatic rings. The second-order valence-corrected chi connectivity index (χ2v) is 5.50. The van der Waals surface area contributed by atoms with Crippen molar-refractivity contribution in [3.8, 4) is 0 Å². The van der Waals surface area contributed by atoms with Gasteiger partial charge in [0.05, 0.1) is 11.0 Å². The van der Waals surface area contributed by atoms with Crippen LogP contribution in [-0.4, -0.2) is 39.9 Å². The van der Waals surface area contributed by atoms with Crippen molar-refractivity contribution in [3.63, 3.8) is 0 Å². The number of nitrogens with zero attached hydrogens (tertiary/aromatic N) is 1.